The summed E-state index contributed by atoms with van der Waals surface area (Å²) < 4.78 is 1.89. The van der Waals surface area contributed by atoms with E-state index in [1.807, 2.05) is 27.6 Å². The molecule has 0 radical (unpaired) electrons. The van der Waals surface area contributed by atoms with Crippen LogP contribution >= 0.6 is 0 Å². The van der Waals surface area contributed by atoms with E-state index in [2.05, 4.69) is 46.1 Å². The van der Waals surface area contributed by atoms with Gasteiger partial charge in [-0.3, -0.25) is 9.89 Å². The summed E-state index contributed by atoms with van der Waals surface area (Å²) in [7, 11) is 0. The first kappa shape index (κ1) is 19.0. The van der Waals surface area contributed by atoms with Crippen LogP contribution in [0.4, 0.5) is 5.82 Å². The van der Waals surface area contributed by atoms with Crippen molar-refractivity contribution in [3.05, 3.63) is 35.4 Å². The number of piperidine rings is 1. The van der Waals surface area contributed by atoms with E-state index < -0.39 is 0 Å². The molecular weight excluding hydrogens is 380 g/mol. The van der Waals surface area contributed by atoms with Gasteiger partial charge in [-0.1, -0.05) is 20.8 Å². The van der Waals surface area contributed by atoms with Gasteiger partial charge in [0.1, 0.15) is 11.5 Å². The molecular formula is C21H28N8O. The van der Waals surface area contributed by atoms with Crippen molar-refractivity contribution in [3.8, 4) is 0 Å². The van der Waals surface area contributed by atoms with Crippen molar-refractivity contribution in [3.63, 3.8) is 0 Å². The van der Waals surface area contributed by atoms with Crippen molar-refractivity contribution in [2.45, 2.75) is 51.4 Å². The Morgan fingerprint density at radius 1 is 1.10 bits per heavy atom. The van der Waals surface area contributed by atoms with Crippen LogP contribution in [-0.4, -0.2) is 67.0 Å². The minimum Gasteiger partial charge on any atom is -0.355 e. The summed E-state index contributed by atoms with van der Waals surface area (Å²) in [5.41, 5.74) is 2.18. The van der Waals surface area contributed by atoms with Crippen molar-refractivity contribution < 1.29 is 4.79 Å². The average molecular weight is 409 g/mol. The molecule has 1 amide bonds. The van der Waals surface area contributed by atoms with Gasteiger partial charge in [0.05, 0.1) is 0 Å². The summed E-state index contributed by atoms with van der Waals surface area (Å²) in [4.78, 5) is 17.1. The quantitative estimate of drug-likeness (QED) is 0.715. The monoisotopic (exact) mass is 408 g/mol. The fraction of sp³-hybridized carbons (Fsp3) is 0.571. The third-order valence-electron chi connectivity index (χ3n) is 6.21. The van der Waals surface area contributed by atoms with Crippen molar-refractivity contribution >= 4 is 17.4 Å². The van der Waals surface area contributed by atoms with Gasteiger partial charge in [-0.15, -0.1) is 15.3 Å². The Morgan fingerprint density at radius 2 is 1.87 bits per heavy atom. The van der Waals surface area contributed by atoms with Gasteiger partial charge in [0.25, 0.3) is 5.91 Å². The normalized spacial score (nSPS) is 18.1. The Balaban J connectivity index is 1.29. The Morgan fingerprint density at radius 3 is 2.50 bits per heavy atom. The van der Waals surface area contributed by atoms with Crippen LogP contribution in [0.5, 0.6) is 0 Å². The van der Waals surface area contributed by atoms with Gasteiger partial charge in [0.2, 0.25) is 0 Å². The Hall–Kier alpha value is -2.97. The van der Waals surface area contributed by atoms with Crippen LogP contribution in [0.1, 0.15) is 68.0 Å². The number of hydrogen-bond donors (Lipinski definition) is 1. The average Bonchev–Trinajstić information content (AvgIpc) is 3.33. The predicted molar refractivity (Wildman–Crippen MR) is 113 cm³/mol. The molecule has 0 saturated carbocycles. The molecule has 2 saturated heterocycles. The van der Waals surface area contributed by atoms with Gasteiger partial charge >= 0.3 is 0 Å². The lowest BCUT2D eigenvalue weighted by atomic mass is 9.92. The number of amides is 1. The molecule has 5 heterocycles. The molecule has 9 nitrogen and oxygen atoms in total. The molecule has 3 aromatic rings. The lowest BCUT2D eigenvalue weighted by molar-refractivity contribution is 0.0704. The molecule has 1 N–H and O–H groups in total. The second kappa shape index (κ2) is 7.07. The number of anilines is 1. The number of aromatic nitrogens is 6. The SMILES string of the molecule is CC(C)(C)c1cc(C(=O)N2CCC(c3nnc4ccc(N5CCC5)nn34)CC2)n[nH]1. The summed E-state index contributed by atoms with van der Waals surface area (Å²) in [5, 5.41) is 20.8. The fourth-order valence-corrected chi connectivity index (χ4v) is 4.08. The summed E-state index contributed by atoms with van der Waals surface area (Å²) in [6.07, 6.45) is 2.91. The van der Waals surface area contributed by atoms with Crippen LogP contribution in [-0.2, 0) is 5.41 Å². The number of hydrogen-bond acceptors (Lipinski definition) is 6. The van der Waals surface area contributed by atoms with Crippen molar-refractivity contribution in [1.82, 2.24) is 34.9 Å². The van der Waals surface area contributed by atoms with E-state index in [1.165, 1.54) is 6.42 Å². The first-order chi connectivity index (χ1) is 14.4. The van der Waals surface area contributed by atoms with Gasteiger partial charge in [-0.2, -0.15) is 9.61 Å². The smallest absolute Gasteiger partial charge is 0.274 e. The molecule has 2 fully saturated rings. The van der Waals surface area contributed by atoms with Crippen LogP contribution in [0.15, 0.2) is 18.2 Å². The lowest BCUT2D eigenvalue weighted by Gasteiger charge is -2.32. The summed E-state index contributed by atoms with van der Waals surface area (Å²) in [6, 6.07) is 5.88. The summed E-state index contributed by atoms with van der Waals surface area (Å²) >= 11 is 0. The maximum Gasteiger partial charge on any atom is 0.274 e. The van der Waals surface area contributed by atoms with E-state index in [-0.39, 0.29) is 17.2 Å². The maximum absolute atomic E-state index is 12.9. The topological polar surface area (TPSA) is 95.3 Å². The van der Waals surface area contributed by atoms with Gasteiger partial charge in [0.15, 0.2) is 11.5 Å². The summed E-state index contributed by atoms with van der Waals surface area (Å²) in [5.74, 6) is 2.11. The van der Waals surface area contributed by atoms with Crippen LogP contribution in [0, 0.1) is 0 Å². The minimum atomic E-state index is -0.0604. The number of rotatable bonds is 3. The molecule has 30 heavy (non-hydrogen) atoms. The van der Waals surface area contributed by atoms with Gasteiger partial charge < -0.3 is 9.80 Å². The van der Waals surface area contributed by atoms with Gasteiger partial charge in [-0.05, 0) is 37.5 Å². The highest BCUT2D eigenvalue weighted by molar-refractivity contribution is 5.92. The molecule has 0 aliphatic carbocycles. The van der Waals surface area contributed by atoms with Crippen molar-refractivity contribution in [2.24, 2.45) is 0 Å². The van der Waals surface area contributed by atoms with Crippen LogP contribution in [0.3, 0.4) is 0 Å². The molecule has 2 aliphatic rings. The number of H-pyrrole nitrogens is 1. The van der Waals surface area contributed by atoms with Gasteiger partial charge in [0, 0.05) is 43.2 Å². The zero-order valence-electron chi connectivity index (χ0n) is 17.8. The third-order valence-corrected chi connectivity index (χ3v) is 6.21. The van der Waals surface area contributed by atoms with E-state index in [0.717, 1.165) is 48.9 Å². The summed E-state index contributed by atoms with van der Waals surface area (Å²) in [6.45, 7) is 9.78. The largest absolute Gasteiger partial charge is 0.355 e. The van der Waals surface area contributed by atoms with Crippen LogP contribution < -0.4 is 4.90 Å². The number of carbonyl (C=O) groups is 1. The number of likely N-dealkylation sites (tertiary alicyclic amines) is 1. The van der Waals surface area contributed by atoms with Crippen molar-refractivity contribution in [2.75, 3.05) is 31.1 Å². The fourth-order valence-electron chi connectivity index (χ4n) is 4.08. The Bertz CT molecular complexity index is 1070. The van der Waals surface area contributed by atoms with Gasteiger partial charge in [-0.25, -0.2) is 0 Å². The first-order valence-electron chi connectivity index (χ1n) is 10.7. The highest BCUT2D eigenvalue weighted by atomic mass is 16.2. The molecule has 158 valence electrons. The van der Waals surface area contributed by atoms with E-state index in [1.54, 1.807) is 0 Å². The standard InChI is InChI=1S/C21H28N8O/c1-21(2,3)16-13-15(22-23-16)20(30)28-11-7-14(8-12-28)19-25-24-17-5-6-18(26-29(17)19)27-9-4-10-27/h5-6,13-14H,4,7-12H2,1-3H3,(H,22,23). The lowest BCUT2D eigenvalue weighted by Crippen LogP contribution is -2.39. The molecule has 9 heteroatoms. The molecule has 2 aliphatic heterocycles. The highest BCUT2D eigenvalue weighted by Crippen LogP contribution is 2.29. The minimum absolute atomic E-state index is 0.00973. The molecule has 3 aromatic heterocycles. The number of nitrogens with one attached hydrogen (secondary N) is 1. The maximum atomic E-state index is 12.9. The van der Waals surface area contributed by atoms with E-state index >= 15 is 0 Å². The number of carbonyl (C=O) groups excluding carboxylic acids is 1. The molecule has 0 spiro atoms. The van der Waals surface area contributed by atoms with Crippen LogP contribution in [0.25, 0.3) is 5.65 Å². The number of fused-ring (bicyclic) bond motifs is 1. The van der Waals surface area contributed by atoms with Crippen LogP contribution in [0.2, 0.25) is 0 Å². The molecule has 0 aromatic carbocycles. The zero-order valence-corrected chi connectivity index (χ0v) is 17.8. The Labute approximate surface area is 175 Å². The zero-order chi connectivity index (χ0) is 20.9. The third kappa shape index (κ3) is 3.32. The molecule has 0 bridgehead atoms. The van der Waals surface area contributed by atoms with Crippen molar-refractivity contribution in [1.29, 1.82) is 0 Å². The second-order valence-corrected chi connectivity index (χ2v) is 9.34. The second-order valence-electron chi connectivity index (χ2n) is 9.34. The molecule has 5 rings (SSSR count). The van der Waals surface area contributed by atoms with E-state index in [4.69, 9.17) is 5.10 Å². The first-order valence-corrected chi connectivity index (χ1v) is 10.7. The van der Waals surface area contributed by atoms with E-state index in [0.29, 0.717) is 18.8 Å². The van der Waals surface area contributed by atoms with E-state index in [9.17, 15) is 4.79 Å². The number of aromatic amines is 1. The molecule has 0 atom stereocenters. The Kier molecular flexibility index (Phi) is 4.48. The predicted octanol–water partition coefficient (Wildman–Crippen LogP) is 2.37. The molecule has 0 unspecified atom stereocenters. The number of nitrogens with zero attached hydrogens (tertiary/aromatic N) is 7. The highest BCUT2D eigenvalue weighted by Gasteiger charge is 2.30.